The summed E-state index contributed by atoms with van der Waals surface area (Å²) in [6, 6.07) is 9.85. The first kappa shape index (κ1) is 13.3. The summed E-state index contributed by atoms with van der Waals surface area (Å²) in [7, 11) is 0. The van der Waals surface area contributed by atoms with Gasteiger partial charge in [-0.2, -0.15) is 5.10 Å². The van der Waals surface area contributed by atoms with Crippen molar-refractivity contribution in [1.29, 1.82) is 0 Å². The Bertz CT molecular complexity index is 533. The largest absolute Gasteiger partial charge is 0.310 e. The van der Waals surface area contributed by atoms with Crippen LogP contribution in [0.15, 0.2) is 36.5 Å². The number of benzene rings is 1. The molecule has 0 radical (unpaired) electrons. The van der Waals surface area contributed by atoms with Crippen LogP contribution >= 0.6 is 0 Å². The van der Waals surface area contributed by atoms with Crippen LogP contribution in [0.25, 0.3) is 0 Å². The van der Waals surface area contributed by atoms with Gasteiger partial charge in [0.05, 0.1) is 12.1 Å². The zero-order chi connectivity index (χ0) is 13.7. The Kier molecular flexibility index (Phi) is 4.34. The van der Waals surface area contributed by atoms with Gasteiger partial charge in [0.15, 0.2) is 0 Å². The van der Waals surface area contributed by atoms with Crippen molar-refractivity contribution < 1.29 is 4.79 Å². The molecule has 100 valence electrons. The molecule has 2 aromatic rings. The Morgan fingerprint density at radius 2 is 2.05 bits per heavy atom. The lowest BCUT2D eigenvalue weighted by atomic mass is 9.95. The number of H-pyrrole nitrogens is 1. The Morgan fingerprint density at radius 1 is 1.32 bits per heavy atom. The first-order chi connectivity index (χ1) is 9.26. The van der Waals surface area contributed by atoms with E-state index in [-0.39, 0.29) is 11.8 Å². The fourth-order valence-corrected chi connectivity index (χ4v) is 2.16. The summed E-state index contributed by atoms with van der Waals surface area (Å²) in [5.41, 5.74) is 2.07. The third-order valence-corrected chi connectivity index (χ3v) is 3.27. The number of anilines is 1. The van der Waals surface area contributed by atoms with Gasteiger partial charge in [-0.15, -0.1) is 0 Å². The lowest BCUT2D eigenvalue weighted by Gasteiger charge is -2.15. The van der Waals surface area contributed by atoms with Crippen LogP contribution < -0.4 is 5.32 Å². The zero-order valence-electron chi connectivity index (χ0n) is 11.3. The standard InChI is InChI=1S/C15H19N3O/c1-3-11-10-16-18-14(11)17-15(19)13(4-2)12-8-6-5-7-9-12/h5-10,13H,3-4H2,1-2H3,(H2,16,17,18,19). The molecule has 1 amide bonds. The van der Waals surface area contributed by atoms with E-state index >= 15 is 0 Å². The van der Waals surface area contributed by atoms with Crippen molar-refractivity contribution >= 4 is 11.7 Å². The van der Waals surface area contributed by atoms with E-state index in [1.165, 1.54) is 0 Å². The van der Waals surface area contributed by atoms with Crippen LogP contribution in [0.4, 0.5) is 5.82 Å². The molecule has 1 aromatic heterocycles. The van der Waals surface area contributed by atoms with Crippen molar-refractivity contribution in [2.24, 2.45) is 0 Å². The monoisotopic (exact) mass is 257 g/mol. The molecule has 0 saturated heterocycles. The van der Waals surface area contributed by atoms with Crippen molar-refractivity contribution in [2.45, 2.75) is 32.6 Å². The van der Waals surface area contributed by atoms with Gasteiger partial charge in [-0.1, -0.05) is 44.2 Å². The minimum Gasteiger partial charge on any atom is -0.310 e. The summed E-state index contributed by atoms with van der Waals surface area (Å²) in [4.78, 5) is 12.4. The number of hydrogen-bond donors (Lipinski definition) is 2. The lowest BCUT2D eigenvalue weighted by Crippen LogP contribution is -2.21. The Hall–Kier alpha value is -2.10. The number of nitrogens with one attached hydrogen (secondary N) is 2. The average molecular weight is 257 g/mol. The molecule has 1 heterocycles. The van der Waals surface area contributed by atoms with E-state index in [0.717, 1.165) is 24.0 Å². The van der Waals surface area contributed by atoms with E-state index < -0.39 is 0 Å². The molecule has 4 heteroatoms. The van der Waals surface area contributed by atoms with E-state index in [2.05, 4.69) is 15.5 Å². The summed E-state index contributed by atoms with van der Waals surface area (Å²) in [5.74, 6) is 0.587. The summed E-state index contributed by atoms with van der Waals surface area (Å²) < 4.78 is 0. The quantitative estimate of drug-likeness (QED) is 0.864. The first-order valence-electron chi connectivity index (χ1n) is 6.64. The molecular weight excluding hydrogens is 238 g/mol. The van der Waals surface area contributed by atoms with Crippen LogP contribution in [0.2, 0.25) is 0 Å². The molecule has 0 aliphatic rings. The van der Waals surface area contributed by atoms with Gasteiger partial charge < -0.3 is 5.32 Å². The highest BCUT2D eigenvalue weighted by Gasteiger charge is 2.19. The second-order valence-electron chi connectivity index (χ2n) is 4.48. The molecule has 2 N–H and O–H groups in total. The van der Waals surface area contributed by atoms with Crippen molar-refractivity contribution in [1.82, 2.24) is 10.2 Å². The molecule has 0 aliphatic heterocycles. The molecule has 0 bridgehead atoms. The second-order valence-corrected chi connectivity index (χ2v) is 4.48. The van der Waals surface area contributed by atoms with Gasteiger partial charge in [-0.05, 0) is 18.4 Å². The van der Waals surface area contributed by atoms with E-state index in [4.69, 9.17) is 0 Å². The minimum atomic E-state index is -0.130. The molecule has 4 nitrogen and oxygen atoms in total. The van der Waals surface area contributed by atoms with Gasteiger partial charge in [0, 0.05) is 5.56 Å². The molecule has 0 spiro atoms. The lowest BCUT2D eigenvalue weighted by molar-refractivity contribution is -0.117. The highest BCUT2D eigenvalue weighted by atomic mass is 16.2. The van der Waals surface area contributed by atoms with Gasteiger partial charge in [-0.25, -0.2) is 0 Å². The molecule has 0 fully saturated rings. The summed E-state index contributed by atoms with van der Waals surface area (Å²) >= 11 is 0. The highest BCUT2D eigenvalue weighted by Crippen LogP contribution is 2.22. The number of nitrogens with zero attached hydrogens (tertiary/aromatic N) is 1. The van der Waals surface area contributed by atoms with Gasteiger partial charge in [-0.3, -0.25) is 9.89 Å². The van der Waals surface area contributed by atoms with E-state index in [1.54, 1.807) is 6.20 Å². The number of aryl methyl sites for hydroxylation is 1. The molecule has 1 aromatic carbocycles. The Morgan fingerprint density at radius 3 is 2.68 bits per heavy atom. The van der Waals surface area contributed by atoms with Crippen LogP contribution in [-0.4, -0.2) is 16.1 Å². The van der Waals surface area contributed by atoms with Crippen molar-refractivity contribution in [2.75, 3.05) is 5.32 Å². The highest BCUT2D eigenvalue weighted by molar-refractivity contribution is 5.95. The molecule has 1 atom stereocenters. The minimum absolute atomic E-state index is 0.00708. The third kappa shape index (κ3) is 3.02. The number of aromatic amines is 1. The summed E-state index contributed by atoms with van der Waals surface area (Å²) in [6.07, 6.45) is 3.36. The molecule has 0 saturated carbocycles. The fraction of sp³-hybridized carbons (Fsp3) is 0.333. The zero-order valence-corrected chi connectivity index (χ0v) is 11.3. The Labute approximate surface area is 113 Å². The van der Waals surface area contributed by atoms with Crippen LogP contribution in [0.1, 0.15) is 37.3 Å². The van der Waals surface area contributed by atoms with E-state index in [0.29, 0.717) is 5.82 Å². The van der Waals surface area contributed by atoms with E-state index in [9.17, 15) is 4.79 Å². The summed E-state index contributed by atoms with van der Waals surface area (Å²) in [5, 5.41) is 9.73. The molecule has 19 heavy (non-hydrogen) atoms. The maximum absolute atomic E-state index is 12.4. The Balaban J connectivity index is 2.14. The van der Waals surface area contributed by atoms with Gasteiger partial charge in [0.25, 0.3) is 0 Å². The number of carbonyl (C=O) groups excluding carboxylic acids is 1. The second kappa shape index (κ2) is 6.18. The number of hydrogen-bond acceptors (Lipinski definition) is 2. The molecular formula is C15H19N3O. The molecule has 1 unspecified atom stereocenters. The van der Waals surface area contributed by atoms with Crippen LogP contribution in [0, 0.1) is 0 Å². The third-order valence-electron chi connectivity index (χ3n) is 3.27. The van der Waals surface area contributed by atoms with Crippen LogP contribution in [0.3, 0.4) is 0 Å². The smallest absolute Gasteiger partial charge is 0.233 e. The van der Waals surface area contributed by atoms with Crippen molar-refractivity contribution in [3.8, 4) is 0 Å². The van der Waals surface area contributed by atoms with Gasteiger partial charge >= 0.3 is 0 Å². The average Bonchev–Trinajstić information content (AvgIpc) is 2.88. The fourth-order valence-electron chi connectivity index (χ4n) is 2.16. The molecule has 0 aliphatic carbocycles. The van der Waals surface area contributed by atoms with Gasteiger partial charge in [0.1, 0.15) is 5.82 Å². The van der Waals surface area contributed by atoms with Crippen molar-refractivity contribution in [3.63, 3.8) is 0 Å². The predicted molar refractivity (Wildman–Crippen MR) is 76.1 cm³/mol. The van der Waals surface area contributed by atoms with Crippen LogP contribution in [-0.2, 0) is 11.2 Å². The number of carbonyl (C=O) groups is 1. The maximum atomic E-state index is 12.4. The number of rotatable bonds is 5. The normalized spacial score (nSPS) is 12.1. The topological polar surface area (TPSA) is 57.8 Å². The van der Waals surface area contributed by atoms with Crippen molar-refractivity contribution in [3.05, 3.63) is 47.7 Å². The van der Waals surface area contributed by atoms with E-state index in [1.807, 2.05) is 44.2 Å². The predicted octanol–water partition coefficient (Wildman–Crippen LogP) is 3.10. The van der Waals surface area contributed by atoms with Gasteiger partial charge in [0.2, 0.25) is 5.91 Å². The SMILES string of the molecule is CCc1cn[nH]c1NC(=O)C(CC)c1ccccc1. The summed E-state index contributed by atoms with van der Waals surface area (Å²) in [6.45, 7) is 4.06. The maximum Gasteiger partial charge on any atom is 0.233 e. The first-order valence-corrected chi connectivity index (χ1v) is 6.64. The molecule has 2 rings (SSSR count). The number of aromatic nitrogens is 2. The number of amides is 1. The van der Waals surface area contributed by atoms with Crippen LogP contribution in [0.5, 0.6) is 0 Å².